The Balaban J connectivity index is 3.09. The Bertz CT molecular complexity index is 427. The minimum Gasteiger partial charge on any atom is -0.481 e. The molecule has 0 aliphatic carbocycles. The summed E-state index contributed by atoms with van der Waals surface area (Å²) in [6.45, 7) is 0. The molecule has 0 unspecified atom stereocenters. The number of nitrogens with one attached hydrogen (secondary N) is 1. The molecule has 2 N–H and O–H groups in total. The van der Waals surface area contributed by atoms with Crippen LogP contribution in [-0.2, 0) is 9.59 Å². The lowest BCUT2D eigenvalue weighted by Crippen LogP contribution is -2.23. The van der Waals surface area contributed by atoms with Crippen LogP contribution in [0.2, 0.25) is 0 Å². The van der Waals surface area contributed by atoms with Crippen LogP contribution in [0.4, 0.5) is 13.2 Å². The lowest BCUT2D eigenvalue weighted by Gasteiger charge is -2.14. The zero-order valence-corrected chi connectivity index (χ0v) is 8.41. The third-order valence-electron chi connectivity index (χ3n) is 2.06. The van der Waals surface area contributed by atoms with Crippen LogP contribution in [0.5, 0.6) is 0 Å². The summed E-state index contributed by atoms with van der Waals surface area (Å²) in [5, 5.41) is 10.6. The summed E-state index contributed by atoms with van der Waals surface area (Å²) in [5.74, 6) is -5.80. The summed E-state index contributed by atoms with van der Waals surface area (Å²) in [4.78, 5) is 20.7. The number of aliphatic carboxylic acids is 1. The lowest BCUT2D eigenvalue weighted by molar-refractivity contribution is -0.137. The van der Waals surface area contributed by atoms with Crippen LogP contribution in [0.1, 0.15) is 18.0 Å². The molecule has 1 aromatic rings. The first kappa shape index (κ1) is 13.0. The molecule has 0 bridgehead atoms. The Morgan fingerprint density at radius 1 is 1.35 bits per heavy atom. The molecule has 0 spiro atoms. The van der Waals surface area contributed by atoms with Crippen LogP contribution in [0.15, 0.2) is 12.1 Å². The minimum absolute atomic E-state index is 0.157. The van der Waals surface area contributed by atoms with Gasteiger partial charge in [-0.05, 0) is 17.7 Å². The topological polar surface area (TPSA) is 66.4 Å². The highest BCUT2D eigenvalue weighted by atomic mass is 19.2. The first-order chi connectivity index (χ1) is 7.95. The van der Waals surface area contributed by atoms with E-state index < -0.39 is 35.9 Å². The van der Waals surface area contributed by atoms with E-state index >= 15 is 0 Å². The van der Waals surface area contributed by atoms with Crippen molar-refractivity contribution in [1.29, 1.82) is 0 Å². The molecule has 0 aliphatic rings. The molecule has 0 heterocycles. The van der Waals surface area contributed by atoms with Crippen molar-refractivity contribution in [3.05, 3.63) is 35.1 Å². The Morgan fingerprint density at radius 3 is 2.29 bits per heavy atom. The summed E-state index contributed by atoms with van der Waals surface area (Å²) in [6.07, 6.45) is -0.365. The monoisotopic (exact) mass is 247 g/mol. The average molecular weight is 247 g/mol. The molecule has 0 saturated carbocycles. The van der Waals surface area contributed by atoms with E-state index in [4.69, 9.17) is 5.11 Å². The number of carbonyl (C=O) groups excluding carboxylic acids is 1. The van der Waals surface area contributed by atoms with Crippen LogP contribution in [0.25, 0.3) is 0 Å². The van der Waals surface area contributed by atoms with Gasteiger partial charge in [0, 0.05) is 0 Å². The molecule has 92 valence electrons. The number of rotatable bonds is 5. The third-order valence-corrected chi connectivity index (χ3v) is 2.06. The number of hydrogen-bond donors (Lipinski definition) is 2. The fourth-order valence-corrected chi connectivity index (χ4v) is 1.31. The van der Waals surface area contributed by atoms with Crippen LogP contribution in [0, 0.1) is 17.5 Å². The van der Waals surface area contributed by atoms with E-state index in [0.717, 1.165) is 0 Å². The second kappa shape index (κ2) is 5.33. The maximum atomic E-state index is 12.9. The molecule has 1 aromatic carbocycles. The van der Waals surface area contributed by atoms with Gasteiger partial charge < -0.3 is 10.4 Å². The molecule has 4 nitrogen and oxygen atoms in total. The van der Waals surface area contributed by atoms with Crippen molar-refractivity contribution in [3.63, 3.8) is 0 Å². The second-order valence-electron chi connectivity index (χ2n) is 3.23. The zero-order chi connectivity index (χ0) is 13.0. The number of halogens is 3. The van der Waals surface area contributed by atoms with E-state index in [1.165, 1.54) is 0 Å². The SMILES string of the molecule is O=CN[C@@H](CC(=O)O)c1cc(F)c(F)c(F)c1. The molecule has 0 saturated heterocycles. The van der Waals surface area contributed by atoms with E-state index in [2.05, 4.69) is 5.32 Å². The van der Waals surface area contributed by atoms with Gasteiger partial charge in [-0.3, -0.25) is 9.59 Å². The average Bonchev–Trinajstić information content (AvgIpc) is 2.24. The number of hydrogen-bond acceptors (Lipinski definition) is 2. The third kappa shape index (κ3) is 3.20. The van der Waals surface area contributed by atoms with E-state index in [9.17, 15) is 22.8 Å². The maximum absolute atomic E-state index is 12.9. The van der Waals surface area contributed by atoms with Gasteiger partial charge in [0.1, 0.15) is 0 Å². The Labute approximate surface area is 94.1 Å². The number of carbonyl (C=O) groups is 2. The summed E-state index contributed by atoms with van der Waals surface area (Å²) in [7, 11) is 0. The van der Waals surface area contributed by atoms with Gasteiger partial charge in [-0.1, -0.05) is 0 Å². The largest absolute Gasteiger partial charge is 0.481 e. The molecule has 1 atom stereocenters. The zero-order valence-electron chi connectivity index (χ0n) is 8.41. The maximum Gasteiger partial charge on any atom is 0.305 e. The van der Waals surface area contributed by atoms with Crippen molar-refractivity contribution in [1.82, 2.24) is 5.32 Å². The normalized spacial score (nSPS) is 11.9. The number of carboxylic acids is 1. The van der Waals surface area contributed by atoms with Crippen LogP contribution in [0.3, 0.4) is 0 Å². The standard InChI is InChI=1S/C10H8F3NO3/c11-6-1-5(2-7(12)10(6)13)8(14-4-15)3-9(16)17/h1-2,4,8H,3H2,(H,14,15)(H,16,17)/t8-/m0/s1. The lowest BCUT2D eigenvalue weighted by atomic mass is 10.0. The molecule has 1 rings (SSSR count). The van der Waals surface area contributed by atoms with Gasteiger partial charge in [-0.2, -0.15) is 0 Å². The van der Waals surface area contributed by atoms with E-state index in [0.29, 0.717) is 12.1 Å². The van der Waals surface area contributed by atoms with Crippen molar-refractivity contribution in [2.45, 2.75) is 12.5 Å². The van der Waals surface area contributed by atoms with Crippen molar-refractivity contribution >= 4 is 12.4 Å². The summed E-state index contributed by atoms with van der Waals surface area (Å²) < 4.78 is 38.5. The highest BCUT2D eigenvalue weighted by Crippen LogP contribution is 2.21. The Morgan fingerprint density at radius 2 is 1.88 bits per heavy atom. The smallest absolute Gasteiger partial charge is 0.305 e. The fraction of sp³-hybridized carbons (Fsp3) is 0.200. The predicted octanol–water partition coefficient (Wildman–Crippen LogP) is 1.37. The van der Waals surface area contributed by atoms with E-state index in [1.807, 2.05) is 0 Å². The number of amides is 1. The van der Waals surface area contributed by atoms with Gasteiger partial charge in [0.05, 0.1) is 12.5 Å². The van der Waals surface area contributed by atoms with Crippen molar-refractivity contribution < 1.29 is 27.9 Å². The first-order valence-electron chi connectivity index (χ1n) is 4.51. The van der Waals surface area contributed by atoms with Crippen molar-refractivity contribution in [3.8, 4) is 0 Å². The van der Waals surface area contributed by atoms with Gasteiger partial charge >= 0.3 is 5.97 Å². The van der Waals surface area contributed by atoms with Crippen LogP contribution in [-0.4, -0.2) is 17.5 Å². The number of benzene rings is 1. The fourth-order valence-electron chi connectivity index (χ4n) is 1.31. The van der Waals surface area contributed by atoms with E-state index in [1.54, 1.807) is 0 Å². The summed E-state index contributed by atoms with van der Waals surface area (Å²) in [6, 6.07) is 0.167. The van der Waals surface area contributed by atoms with Gasteiger partial charge in [0.15, 0.2) is 17.5 Å². The van der Waals surface area contributed by atoms with Gasteiger partial charge in [-0.15, -0.1) is 0 Å². The first-order valence-corrected chi connectivity index (χ1v) is 4.51. The van der Waals surface area contributed by atoms with Crippen molar-refractivity contribution in [2.75, 3.05) is 0 Å². The second-order valence-corrected chi connectivity index (χ2v) is 3.23. The molecule has 7 heteroatoms. The molecule has 0 aliphatic heterocycles. The summed E-state index contributed by atoms with van der Waals surface area (Å²) >= 11 is 0. The molecular formula is C10H8F3NO3. The number of carboxylic acid groups (broad SMARTS) is 1. The molecule has 0 radical (unpaired) electrons. The molecule has 0 aromatic heterocycles. The summed E-state index contributed by atoms with van der Waals surface area (Å²) in [5.41, 5.74) is -0.157. The van der Waals surface area contributed by atoms with Gasteiger partial charge in [-0.25, -0.2) is 13.2 Å². The highest BCUT2D eigenvalue weighted by molar-refractivity contribution is 5.68. The quantitative estimate of drug-likeness (QED) is 0.610. The van der Waals surface area contributed by atoms with Gasteiger partial charge in [0.2, 0.25) is 6.41 Å². The predicted molar refractivity (Wildman–Crippen MR) is 50.5 cm³/mol. The molecule has 0 fully saturated rings. The van der Waals surface area contributed by atoms with E-state index in [-0.39, 0.29) is 12.0 Å². The Kier molecular flexibility index (Phi) is 4.08. The minimum atomic E-state index is -1.64. The highest BCUT2D eigenvalue weighted by Gasteiger charge is 2.19. The molecule has 1 amide bonds. The molecule has 17 heavy (non-hydrogen) atoms. The van der Waals surface area contributed by atoms with Crippen LogP contribution < -0.4 is 5.32 Å². The van der Waals surface area contributed by atoms with Gasteiger partial charge in [0.25, 0.3) is 0 Å². The van der Waals surface area contributed by atoms with Crippen molar-refractivity contribution in [2.24, 2.45) is 0 Å². The van der Waals surface area contributed by atoms with Crippen LogP contribution >= 0.6 is 0 Å². The molecular weight excluding hydrogens is 239 g/mol. The Hall–Kier alpha value is -2.05.